The average molecular weight is 252 g/mol. The van der Waals surface area contributed by atoms with Gasteiger partial charge < -0.3 is 4.57 Å². The van der Waals surface area contributed by atoms with Gasteiger partial charge >= 0.3 is 0 Å². The van der Waals surface area contributed by atoms with E-state index in [4.69, 9.17) is 0 Å². The predicted octanol–water partition coefficient (Wildman–Crippen LogP) is 0.589. The van der Waals surface area contributed by atoms with Crippen molar-refractivity contribution in [3.05, 3.63) is 24.0 Å². The summed E-state index contributed by atoms with van der Waals surface area (Å²) in [7, 11) is -1.73. The molecular formula is C10H12N4O2S. The van der Waals surface area contributed by atoms with Crippen LogP contribution in [-0.2, 0) is 16.9 Å². The Kier molecular flexibility index (Phi) is 2.70. The highest BCUT2D eigenvalue weighted by molar-refractivity contribution is 7.90. The molecule has 0 spiro atoms. The maximum absolute atomic E-state index is 11.4. The van der Waals surface area contributed by atoms with Crippen molar-refractivity contribution >= 4 is 9.84 Å². The molecular weight excluding hydrogens is 240 g/mol. The lowest BCUT2D eigenvalue weighted by Crippen LogP contribution is -2.06. The van der Waals surface area contributed by atoms with Gasteiger partial charge in [0.25, 0.3) is 0 Å². The van der Waals surface area contributed by atoms with Crippen LogP contribution < -0.4 is 0 Å². The standard InChI is InChI=1S/C10H12N4O2S/c1-7-6-8(4-5-11-7)9-12-13-10(14(9)2)17(3,15)16/h4-6H,1-3H3. The molecule has 2 rings (SSSR count). The molecule has 0 atom stereocenters. The van der Waals surface area contributed by atoms with Crippen LogP contribution in [0.5, 0.6) is 0 Å². The molecule has 0 unspecified atom stereocenters. The van der Waals surface area contributed by atoms with Crippen LogP contribution in [0.4, 0.5) is 0 Å². The number of hydrogen-bond acceptors (Lipinski definition) is 5. The number of rotatable bonds is 2. The second-order valence-electron chi connectivity index (χ2n) is 3.82. The van der Waals surface area contributed by atoms with E-state index in [0.29, 0.717) is 5.82 Å². The summed E-state index contributed by atoms with van der Waals surface area (Å²) in [5.41, 5.74) is 1.63. The first-order chi connectivity index (χ1) is 7.89. The molecule has 0 saturated heterocycles. The molecule has 0 saturated carbocycles. The Morgan fingerprint density at radius 2 is 2.00 bits per heavy atom. The van der Waals surface area contributed by atoms with E-state index in [1.165, 1.54) is 4.57 Å². The van der Waals surface area contributed by atoms with Gasteiger partial charge in [0.05, 0.1) is 0 Å². The molecule has 0 N–H and O–H groups in total. The molecule has 0 radical (unpaired) electrons. The zero-order valence-electron chi connectivity index (χ0n) is 9.75. The minimum atomic E-state index is -3.36. The van der Waals surface area contributed by atoms with Gasteiger partial charge in [0.2, 0.25) is 15.0 Å². The molecule has 17 heavy (non-hydrogen) atoms. The fourth-order valence-electron chi connectivity index (χ4n) is 1.57. The van der Waals surface area contributed by atoms with Crippen molar-refractivity contribution in [3.8, 4) is 11.4 Å². The second-order valence-corrected chi connectivity index (χ2v) is 5.73. The largest absolute Gasteiger partial charge is 0.301 e. The molecule has 0 aliphatic heterocycles. The fourth-order valence-corrected chi connectivity index (χ4v) is 2.35. The second kappa shape index (κ2) is 3.92. The van der Waals surface area contributed by atoms with Crippen molar-refractivity contribution in [2.24, 2.45) is 7.05 Å². The van der Waals surface area contributed by atoms with Crippen LogP contribution in [0.3, 0.4) is 0 Å². The molecule has 0 aromatic carbocycles. The molecule has 0 aliphatic rings. The van der Waals surface area contributed by atoms with Gasteiger partial charge in [0.15, 0.2) is 5.82 Å². The smallest absolute Gasteiger partial charge is 0.249 e. The van der Waals surface area contributed by atoms with Crippen LogP contribution >= 0.6 is 0 Å². The van der Waals surface area contributed by atoms with E-state index in [9.17, 15) is 8.42 Å². The van der Waals surface area contributed by atoms with Gasteiger partial charge in [-0.3, -0.25) is 4.98 Å². The van der Waals surface area contributed by atoms with E-state index in [-0.39, 0.29) is 5.16 Å². The van der Waals surface area contributed by atoms with E-state index in [1.54, 1.807) is 19.3 Å². The number of aromatic nitrogens is 4. The summed E-state index contributed by atoms with van der Waals surface area (Å²) < 4.78 is 24.3. The summed E-state index contributed by atoms with van der Waals surface area (Å²) in [6.45, 7) is 1.86. The Balaban J connectivity index is 2.60. The minimum absolute atomic E-state index is 0.0398. The summed E-state index contributed by atoms with van der Waals surface area (Å²) in [4.78, 5) is 4.07. The Morgan fingerprint density at radius 3 is 2.53 bits per heavy atom. The SMILES string of the molecule is Cc1cc(-c2nnc(S(C)(=O)=O)n2C)ccn1. The maximum atomic E-state index is 11.4. The molecule has 0 amide bonds. The normalized spacial score (nSPS) is 11.7. The van der Waals surface area contributed by atoms with Crippen LogP contribution in [0.1, 0.15) is 5.69 Å². The lowest BCUT2D eigenvalue weighted by atomic mass is 10.2. The molecule has 2 aromatic heterocycles. The van der Waals surface area contributed by atoms with Gasteiger partial charge in [0, 0.05) is 30.8 Å². The van der Waals surface area contributed by atoms with Crippen molar-refractivity contribution in [3.63, 3.8) is 0 Å². The third-order valence-electron chi connectivity index (χ3n) is 2.32. The van der Waals surface area contributed by atoms with Crippen LogP contribution in [0.15, 0.2) is 23.5 Å². The molecule has 0 aliphatic carbocycles. The summed E-state index contributed by atoms with van der Waals surface area (Å²) >= 11 is 0. The fraction of sp³-hybridized carbons (Fsp3) is 0.300. The molecule has 6 nitrogen and oxygen atoms in total. The lowest BCUT2D eigenvalue weighted by Gasteiger charge is -2.02. The van der Waals surface area contributed by atoms with Crippen LogP contribution in [0.25, 0.3) is 11.4 Å². The third-order valence-corrected chi connectivity index (χ3v) is 3.34. The Labute approximate surface area is 99.3 Å². The van der Waals surface area contributed by atoms with Crippen LogP contribution in [-0.4, -0.2) is 34.4 Å². The van der Waals surface area contributed by atoms with E-state index >= 15 is 0 Å². The number of sulfone groups is 1. The van der Waals surface area contributed by atoms with E-state index in [1.807, 2.05) is 13.0 Å². The van der Waals surface area contributed by atoms with E-state index in [2.05, 4.69) is 15.2 Å². The summed E-state index contributed by atoms with van der Waals surface area (Å²) in [6, 6.07) is 3.60. The molecule has 2 heterocycles. The van der Waals surface area contributed by atoms with Gasteiger partial charge in [-0.1, -0.05) is 0 Å². The highest BCUT2D eigenvalue weighted by atomic mass is 32.2. The number of aryl methyl sites for hydroxylation is 1. The maximum Gasteiger partial charge on any atom is 0.249 e. The first kappa shape index (κ1) is 11.7. The zero-order chi connectivity index (χ0) is 12.6. The van der Waals surface area contributed by atoms with Gasteiger partial charge in [-0.05, 0) is 19.1 Å². The zero-order valence-corrected chi connectivity index (χ0v) is 10.6. The minimum Gasteiger partial charge on any atom is -0.301 e. The highest BCUT2D eigenvalue weighted by Crippen LogP contribution is 2.18. The predicted molar refractivity (Wildman–Crippen MR) is 62.1 cm³/mol. The van der Waals surface area contributed by atoms with Gasteiger partial charge in [0.1, 0.15) is 0 Å². The summed E-state index contributed by atoms with van der Waals surface area (Å²) in [5.74, 6) is 0.510. The molecule has 2 aromatic rings. The highest BCUT2D eigenvalue weighted by Gasteiger charge is 2.18. The van der Waals surface area contributed by atoms with Crippen molar-refractivity contribution in [2.75, 3.05) is 6.26 Å². The van der Waals surface area contributed by atoms with Crippen molar-refractivity contribution in [1.29, 1.82) is 0 Å². The summed E-state index contributed by atoms with van der Waals surface area (Å²) in [6.07, 6.45) is 2.76. The molecule has 0 fully saturated rings. The molecule has 90 valence electrons. The Bertz CT molecular complexity index is 661. The Hall–Kier alpha value is -1.76. The molecule has 0 bridgehead atoms. The number of nitrogens with zero attached hydrogens (tertiary/aromatic N) is 4. The topological polar surface area (TPSA) is 77.7 Å². The van der Waals surface area contributed by atoms with E-state index < -0.39 is 9.84 Å². The van der Waals surface area contributed by atoms with Gasteiger partial charge in [-0.2, -0.15) is 0 Å². The number of hydrogen-bond donors (Lipinski definition) is 0. The molecule has 7 heteroatoms. The van der Waals surface area contributed by atoms with E-state index in [0.717, 1.165) is 17.5 Å². The van der Waals surface area contributed by atoms with Crippen molar-refractivity contribution < 1.29 is 8.42 Å². The Morgan fingerprint density at radius 1 is 1.29 bits per heavy atom. The van der Waals surface area contributed by atoms with Crippen molar-refractivity contribution in [2.45, 2.75) is 12.1 Å². The first-order valence-corrected chi connectivity index (χ1v) is 6.81. The van der Waals surface area contributed by atoms with Crippen molar-refractivity contribution in [1.82, 2.24) is 19.7 Å². The van der Waals surface area contributed by atoms with Crippen LogP contribution in [0, 0.1) is 6.92 Å². The van der Waals surface area contributed by atoms with Gasteiger partial charge in [-0.15, -0.1) is 10.2 Å². The summed E-state index contributed by atoms with van der Waals surface area (Å²) in [5, 5.41) is 7.56. The average Bonchev–Trinajstić information content (AvgIpc) is 2.59. The number of pyridine rings is 1. The third kappa shape index (κ3) is 2.19. The lowest BCUT2D eigenvalue weighted by molar-refractivity contribution is 0.584. The quantitative estimate of drug-likeness (QED) is 0.781. The monoisotopic (exact) mass is 252 g/mol. The van der Waals surface area contributed by atoms with Gasteiger partial charge in [-0.25, -0.2) is 8.42 Å². The van der Waals surface area contributed by atoms with Crippen LogP contribution in [0.2, 0.25) is 0 Å². The first-order valence-electron chi connectivity index (χ1n) is 4.92.